The molecule has 0 spiro atoms. The molecule has 13 heavy (non-hydrogen) atoms. The lowest BCUT2D eigenvalue weighted by Crippen LogP contribution is -1.87. The normalized spacial score (nSPS) is 10.4. The van der Waals surface area contributed by atoms with Crippen molar-refractivity contribution in [2.24, 2.45) is 0 Å². The Balaban J connectivity index is 2.61. The summed E-state index contributed by atoms with van der Waals surface area (Å²) < 4.78 is 0.803. The maximum atomic E-state index is 5.82. The van der Waals surface area contributed by atoms with E-state index in [2.05, 4.69) is 32.8 Å². The van der Waals surface area contributed by atoms with Crippen molar-refractivity contribution in [1.29, 1.82) is 0 Å². The van der Waals surface area contributed by atoms with Gasteiger partial charge in [-0.15, -0.1) is 11.8 Å². The lowest BCUT2D eigenvalue weighted by molar-refractivity contribution is 0.893. The minimum Gasteiger partial charge on any atom is -0.229 e. The van der Waals surface area contributed by atoms with Crippen molar-refractivity contribution in [2.75, 3.05) is 5.75 Å². The van der Waals surface area contributed by atoms with Crippen LogP contribution in [0.3, 0.4) is 0 Å². The second kappa shape index (κ2) is 5.83. The molecule has 0 aliphatic carbocycles. The number of aromatic nitrogens is 2. The van der Waals surface area contributed by atoms with Crippen LogP contribution in [0.2, 0.25) is 5.15 Å². The molecule has 5 heteroatoms. The van der Waals surface area contributed by atoms with Crippen LogP contribution in [0, 0.1) is 0 Å². The van der Waals surface area contributed by atoms with Crippen LogP contribution < -0.4 is 0 Å². The van der Waals surface area contributed by atoms with E-state index in [1.54, 1.807) is 11.8 Å². The molecule has 0 aliphatic rings. The summed E-state index contributed by atoms with van der Waals surface area (Å²) in [6, 6.07) is 0. The topological polar surface area (TPSA) is 25.8 Å². The standard InChI is InChI=1S/C8H10BrClN2S/c1-2-3-4-13-8-6(9)7(10)11-5-12-8/h5H,2-4H2,1H3. The lowest BCUT2D eigenvalue weighted by atomic mass is 10.4. The second-order valence-corrected chi connectivity index (χ2v) is 4.72. The van der Waals surface area contributed by atoms with E-state index in [-0.39, 0.29) is 0 Å². The van der Waals surface area contributed by atoms with E-state index < -0.39 is 0 Å². The zero-order valence-electron chi connectivity index (χ0n) is 7.26. The summed E-state index contributed by atoms with van der Waals surface area (Å²) in [6.45, 7) is 2.17. The molecular weight excluding hydrogens is 272 g/mol. The third kappa shape index (κ3) is 3.44. The van der Waals surface area contributed by atoms with Crippen LogP contribution in [0.25, 0.3) is 0 Å². The van der Waals surface area contributed by atoms with Gasteiger partial charge in [0, 0.05) is 0 Å². The van der Waals surface area contributed by atoms with Crippen molar-refractivity contribution < 1.29 is 0 Å². The Morgan fingerprint density at radius 3 is 3.00 bits per heavy atom. The summed E-state index contributed by atoms with van der Waals surface area (Å²) in [4.78, 5) is 7.99. The van der Waals surface area contributed by atoms with Crippen LogP contribution in [-0.4, -0.2) is 15.7 Å². The minimum atomic E-state index is 0.481. The highest BCUT2D eigenvalue weighted by Crippen LogP contribution is 2.29. The van der Waals surface area contributed by atoms with Crippen molar-refractivity contribution in [3.63, 3.8) is 0 Å². The first-order valence-electron chi connectivity index (χ1n) is 4.04. The average molecular weight is 282 g/mol. The number of hydrogen-bond acceptors (Lipinski definition) is 3. The first-order valence-corrected chi connectivity index (χ1v) is 6.20. The van der Waals surface area contributed by atoms with Crippen molar-refractivity contribution in [2.45, 2.75) is 24.8 Å². The quantitative estimate of drug-likeness (QED) is 0.477. The molecule has 0 amide bonds. The van der Waals surface area contributed by atoms with Crippen LogP contribution in [-0.2, 0) is 0 Å². The van der Waals surface area contributed by atoms with E-state index in [9.17, 15) is 0 Å². The molecule has 72 valence electrons. The predicted molar refractivity (Wildman–Crippen MR) is 60.4 cm³/mol. The van der Waals surface area contributed by atoms with Crippen LogP contribution in [0.15, 0.2) is 15.8 Å². The van der Waals surface area contributed by atoms with E-state index in [1.165, 1.54) is 19.2 Å². The van der Waals surface area contributed by atoms with Crippen LogP contribution in [0.4, 0.5) is 0 Å². The molecule has 0 bridgehead atoms. The maximum Gasteiger partial charge on any atom is 0.147 e. The smallest absolute Gasteiger partial charge is 0.147 e. The molecule has 1 aromatic rings. The molecule has 1 rings (SSSR count). The second-order valence-electron chi connectivity index (χ2n) is 2.49. The molecule has 0 saturated heterocycles. The van der Waals surface area contributed by atoms with Gasteiger partial charge >= 0.3 is 0 Å². The zero-order chi connectivity index (χ0) is 9.68. The fourth-order valence-electron chi connectivity index (χ4n) is 0.747. The number of halogens is 2. The third-order valence-corrected chi connectivity index (χ3v) is 4.06. The maximum absolute atomic E-state index is 5.82. The first-order chi connectivity index (χ1) is 6.25. The van der Waals surface area contributed by atoms with Crippen molar-refractivity contribution in [1.82, 2.24) is 9.97 Å². The fourth-order valence-corrected chi connectivity index (χ4v) is 2.46. The molecule has 0 saturated carbocycles. The molecule has 0 fully saturated rings. The van der Waals surface area contributed by atoms with Crippen LogP contribution in [0.1, 0.15) is 19.8 Å². The van der Waals surface area contributed by atoms with E-state index in [0.717, 1.165) is 15.3 Å². The first kappa shape index (κ1) is 11.3. The SMILES string of the molecule is CCCCSc1ncnc(Cl)c1Br. The molecule has 0 aliphatic heterocycles. The summed E-state index contributed by atoms with van der Waals surface area (Å²) in [5.74, 6) is 1.07. The highest BCUT2D eigenvalue weighted by Gasteiger charge is 2.06. The van der Waals surface area contributed by atoms with Gasteiger partial charge in [0.1, 0.15) is 16.5 Å². The van der Waals surface area contributed by atoms with Crippen molar-refractivity contribution in [3.05, 3.63) is 16.0 Å². The summed E-state index contributed by atoms with van der Waals surface area (Å²) in [5, 5.41) is 1.41. The van der Waals surface area contributed by atoms with Gasteiger partial charge in [-0.05, 0) is 28.1 Å². The zero-order valence-corrected chi connectivity index (χ0v) is 10.4. The minimum absolute atomic E-state index is 0.481. The van der Waals surface area contributed by atoms with Crippen molar-refractivity contribution in [3.8, 4) is 0 Å². The van der Waals surface area contributed by atoms with Gasteiger partial charge in [0.15, 0.2) is 0 Å². The number of hydrogen-bond donors (Lipinski definition) is 0. The van der Waals surface area contributed by atoms with Crippen LogP contribution >= 0.6 is 39.3 Å². The monoisotopic (exact) mass is 280 g/mol. The molecule has 0 N–H and O–H groups in total. The van der Waals surface area contributed by atoms with Gasteiger partial charge in [0.05, 0.1) is 4.47 Å². The molecule has 2 nitrogen and oxygen atoms in total. The van der Waals surface area contributed by atoms with Crippen molar-refractivity contribution >= 4 is 39.3 Å². The van der Waals surface area contributed by atoms with E-state index in [1.807, 2.05) is 0 Å². The van der Waals surface area contributed by atoms with E-state index >= 15 is 0 Å². The van der Waals surface area contributed by atoms with Gasteiger partial charge in [-0.25, -0.2) is 9.97 Å². The van der Waals surface area contributed by atoms with Gasteiger partial charge in [-0.2, -0.15) is 0 Å². The Labute approximate surface area is 95.6 Å². The van der Waals surface area contributed by atoms with Gasteiger partial charge in [0.25, 0.3) is 0 Å². The molecule has 0 radical (unpaired) electrons. The predicted octanol–water partition coefficient (Wildman–Crippen LogP) is 3.78. The van der Waals surface area contributed by atoms with E-state index in [0.29, 0.717) is 5.15 Å². The van der Waals surface area contributed by atoms with Gasteiger partial charge in [-0.3, -0.25) is 0 Å². The molecule has 1 heterocycles. The number of rotatable bonds is 4. The van der Waals surface area contributed by atoms with Crippen LogP contribution in [0.5, 0.6) is 0 Å². The highest BCUT2D eigenvalue weighted by molar-refractivity contribution is 9.10. The summed E-state index contributed by atoms with van der Waals surface area (Å²) in [6.07, 6.45) is 3.88. The molecular formula is C8H10BrClN2S. The lowest BCUT2D eigenvalue weighted by Gasteiger charge is -2.02. The Kier molecular flexibility index (Phi) is 5.06. The third-order valence-electron chi connectivity index (χ3n) is 1.45. The summed E-state index contributed by atoms with van der Waals surface area (Å²) >= 11 is 10.9. The Morgan fingerprint density at radius 2 is 2.31 bits per heavy atom. The number of thioether (sulfide) groups is 1. The van der Waals surface area contributed by atoms with E-state index in [4.69, 9.17) is 11.6 Å². The summed E-state index contributed by atoms with van der Waals surface area (Å²) in [7, 11) is 0. The molecule has 0 atom stereocenters. The number of unbranched alkanes of at least 4 members (excludes halogenated alkanes) is 1. The fraction of sp³-hybridized carbons (Fsp3) is 0.500. The highest BCUT2D eigenvalue weighted by atomic mass is 79.9. The Bertz CT molecular complexity index is 283. The van der Waals surface area contributed by atoms with Gasteiger partial charge in [0.2, 0.25) is 0 Å². The molecule has 0 aromatic carbocycles. The number of nitrogens with zero attached hydrogens (tertiary/aromatic N) is 2. The Hall–Kier alpha value is 0.200. The largest absolute Gasteiger partial charge is 0.229 e. The molecule has 1 aromatic heterocycles. The average Bonchev–Trinajstić information content (AvgIpc) is 2.13. The summed E-state index contributed by atoms with van der Waals surface area (Å²) in [5.41, 5.74) is 0. The Morgan fingerprint density at radius 1 is 1.54 bits per heavy atom. The van der Waals surface area contributed by atoms with Gasteiger partial charge in [-0.1, -0.05) is 24.9 Å². The van der Waals surface area contributed by atoms with Gasteiger partial charge < -0.3 is 0 Å². The molecule has 0 unspecified atom stereocenters.